The van der Waals surface area contributed by atoms with Gasteiger partial charge in [0.25, 0.3) is 11.5 Å². The Morgan fingerprint density at radius 1 is 1.28 bits per heavy atom. The van der Waals surface area contributed by atoms with E-state index in [2.05, 4.69) is 20.5 Å². The average Bonchev–Trinajstić information content (AvgIpc) is 2.88. The second-order valence-electron chi connectivity index (χ2n) is 5.89. The number of carbonyl (C=O) groups is 1. The van der Waals surface area contributed by atoms with Gasteiger partial charge in [0.1, 0.15) is 5.69 Å². The van der Waals surface area contributed by atoms with E-state index in [4.69, 9.17) is 0 Å². The zero-order valence-corrected chi connectivity index (χ0v) is 14.5. The molecule has 1 N–H and O–H groups in total. The minimum absolute atomic E-state index is 0.193. The quantitative estimate of drug-likeness (QED) is 0.765. The van der Waals surface area contributed by atoms with Gasteiger partial charge in [-0.25, -0.2) is 9.67 Å². The molecule has 0 aliphatic carbocycles. The topological polar surface area (TPSA) is 94.7 Å². The monoisotopic (exact) mass is 340 g/mol. The number of anilines is 1. The number of hydrogen-bond acceptors (Lipinski definition) is 5. The summed E-state index contributed by atoms with van der Waals surface area (Å²) in [6.07, 6.45) is 3.36. The van der Waals surface area contributed by atoms with E-state index in [1.54, 1.807) is 10.9 Å². The Morgan fingerprint density at radius 2 is 2.08 bits per heavy atom. The highest BCUT2D eigenvalue weighted by atomic mass is 16.2. The molecule has 0 aliphatic rings. The molecule has 0 aliphatic heterocycles. The van der Waals surface area contributed by atoms with Gasteiger partial charge in [0.15, 0.2) is 5.65 Å². The lowest BCUT2D eigenvalue weighted by atomic mass is 10.2. The van der Waals surface area contributed by atoms with Gasteiger partial charge in [0.2, 0.25) is 0 Å². The van der Waals surface area contributed by atoms with E-state index in [9.17, 15) is 9.59 Å². The van der Waals surface area contributed by atoms with Crippen molar-refractivity contribution in [3.8, 4) is 0 Å². The third-order valence-corrected chi connectivity index (χ3v) is 3.94. The summed E-state index contributed by atoms with van der Waals surface area (Å²) in [4.78, 5) is 28.6. The molecule has 0 saturated carbocycles. The Bertz CT molecular complexity index is 988. The molecule has 0 radical (unpaired) electrons. The van der Waals surface area contributed by atoms with Gasteiger partial charge >= 0.3 is 0 Å². The highest BCUT2D eigenvalue weighted by Crippen LogP contribution is 2.19. The Morgan fingerprint density at radius 3 is 2.84 bits per heavy atom. The van der Waals surface area contributed by atoms with E-state index in [0.29, 0.717) is 12.2 Å². The van der Waals surface area contributed by atoms with Crippen LogP contribution in [0.2, 0.25) is 0 Å². The summed E-state index contributed by atoms with van der Waals surface area (Å²) in [5.41, 5.74) is 2.13. The van der Waals surface area contributed by atoms with Crippen LogP contribution < -0.4 is 10.9 Å². The molecule has 0 unspecified atom stereocenters. The first-order chi connectivity index (χ1) is 12.0. The van der Waals surface area contributed by atoms with E-state index in [0.717, 1.165) is 29.6 Å². The number of pyridine rings is 1. The molecule has 0 saturated heterocycles. The molecule has 0 spiro atoms. The Balaban J connectivity index is 1.84. The number of aromatic nitrogens is 5. The van der Waals surface area contributed by atoms with Crippen molar-refractivity contribution in [3.63, 3.8) is 0 Å². The van der Waals surface area contributed by atoms with Gasteiger partial charge in [0.05, 0.1) is 17.6 Å². The Kier molecular flexibility index (Phi) is 4.60. The van der Waals surface area contributed by atoms with Crippen LogP contribution in [0.3, 0.4) is 0 Å². The summed E-state index contributed by atoms with van der Waals surface area (Å²) in [6, 6.07) is 4.63. The predicted molar refractivity (Wildman–Crippen MR) is 94.6 cm³/mol. The molecular formula is C17H20N6O2. The van der Waals surface area contributed by atoms with Crippen molar-refractivity contribution in [2.24, 2.45) is 7.05 Å². The molecule has 0 fully saturated rings. The SMILES string of the molecule is CCCCn1nc(C(=O)Nc2cnc3c(c2)c(C)nn3C)ccc1=O. The summed E-state index contributed by atoms with van der Waals surface area (Å²) in [5, 5.41) is 12.1. The number of unbranched alkanes of at least 4 members (excludes halogenated alkanes) is 1. The number of fused-ring (bicyclic) bond motifs is 1. The lowest BCUT2D eigenvalue weighted by Crippen LogP contribution is -2.26. The molecule has 25 heavy (non-hydrogen) atoms. The van der Waals surface area contributed by atoms with Crippen molar-refractivity contribution < 1.29 is 4.79 Å². The summed E-state index contributed by atoms with van der Waals surface area (Å²) < 4.78 is 3.02. The maximum absolute atomic E-state index is 12.4. The maximum atomic E-state index is 12.4. The summed E-state index contributed by atoms with van der Waals surface area (Å²) >= 11 is 0. The first kappa shape index (κ1) is 16.8. The predicted octanol–water partition coefficient (Wildman–Crippen LogP) is 1.89. The average molecular weight is 340 g/mol. The van der Waals surface area contributed by atoms with Gasteiger partial charge in [-0.05, 0) is 25.5 Å². The zero-order chi connectivity index (χ0) is 18.0. The highest BCUT2D eigenvalue weighted by molar-refractivity contribution is 6.03. The molecule has 0 aromatic carbocycles. The number of carbonyl (C=O) groups excluding carboxylic acids is 1. The Labute approximate surface area is 144 Å². The van der Waals surface area contributed by atoms with Gasteiger partial charge < -0.3 is 5.32 Å². The summed E-state index contributed by atoms with van der Waals surface area (Å²) in [7, 11) is 1.82. The molecule has 3 heterocycles. The Hall–Kier alpha value is -3.03. The first-order valence-electron chi connectivity index (χ1n) is 8.18. The molecule has 8 nitrogen and oxygen atoms in total. The van der Waals surface area contributed by atoms with Crippen molar-refractivity contribution in [1.29, 1.82) is 0 Å². The van der Waals surface area contributed by atoms with Crippen LogP contribution in [-0.2, 0) is 13.6 Å². The normalized spacial score (nSPS) is 11.0. The zero-order valence-electron chi connectivity index (χ0n) is 14.5. The molecule has 3 aromatic heterocycles. The van der Waals surface area contributed by atoms with Crippen LogP contribution in [0.25, 0.3) is 11.0 Å². The minimum Gasteiger partial charge on any atom is -0.319 e. The van der Waals surface area contributed by atoms with Crippen LogP contribution >= 0.6 is 0 Å². The second-order valence-corrected chi connectivity index (χ2v) is 5.89. The fourth-order valence-corrected chi connectivity index (χ4v) is 2.61. The number of hydrogen-bond donors (Lipinski definition) is 1. The van der Waals surface area contributed by atoms with E-state index in [1.165, 1.54) is 16.8 Å². The van der Waals surface area contributed by atoms with Crippen molar-refractivity contribution in [3.05, 3.63) is 46.1 Å². The molecule has 1 amide bonds. The smallest absolute Gasteiger partial charge is 0.276 e. The number of rotatable bonds is 5. The molecule has 8 heteroatoms. The van der Waals surface area contributed by atoms with E-state index < -0.39 is 0 Å². The van der Waals surface area contributed by atoms with E-state index in [-0.39, 0.29) is 17.2 Å². The van der Waals surface area contributed by atoms with Gasteiger partial charge in [-0.1, -0.05) is 13.3 Å². The number of nitrogens with zero attached hydrogens (tertiary/aromatic N) is 5. The minimum atomic E-state index is -0.382. The highest BCUT2D eigenvalue weighted by Gasteiger charge is 2.12. The summed E-state index contributed by atoms with van der Waals surface area (Å²) in [5.74, 6) is -0.382. The van der Waals surface area contributed by atoms with Crippen molar-refractivity contribution in [2.75, 3.05) is 5.32 Å². The summed E-state index contributed by atoms with van der Waals surface area (Å²) in [6.45, 7) is 4.42. The fourth-order valence-electron chi connectivity index (χ4n) is 2.61. The van der Waals surface area contributed by atoms with Crippen molar-refractivity contribution >= 4 is 22.6 Å². The third kappa shape index (κ3) is 3.42. The van der Waals surface area contributed by atoms with Crippen LogP contribution in [0.15, 0.2) is 29.2 Å². The largest absolute Gasteiger partial charge is 0.319 e. The van der Waals surface area contributed by atoms with Gasteiger partial charge in [-0.15, -0.1) is 0 Å². The number of amides is 1. The van der Waals surface area contributed by atoms with Crippen LogP contribution in [0.4, 0.5) is 5.69 Å². The van der Waals surface area contributed by atoms with Crippen LogP contribution in [0.5, 0.6) is 0 Å². The van der Waals surface area contributed by atoms with Crippen LogP contribution in [0.1, 0.15) is 35.9 Å². The standard InChI is InChI=1S/C17H20N6O2/c1-4-5-8-23-15(24)7-6-14(21-23)17(25)19-12-9-13-11(2)20-22(3)16(13)18-10-12/h6-7,9-10H,4-5,8H2,1-3H3,(H,19,25). The molecule has 0 bridgehead atoms. The lowest BCUT2D eigenvalue weighted by molar-refractivity contribution is 0.101. The molecule has 0 atom stereocenters. The van der Waals surface area contributed by atoms with Gasteiger partial charge in [0, 0.05) is 25.0 Å². The van der Waals surface area contributed by atoms with Gasteiger partial charge in [-0.3, -0.25) is 14.3 Å². The lowest BCUT2D eigenvalue weighted by Gasteiger charge is -2.07. The molecule has 130 valence electrons. The number of nitrogens with one attached hydrogen (secondary N) is 1. The van der Waals surface area contributed by atoms with Crippen LogP contribution in [0, 0.1) is 6.92 Å². The maximum Gasteiger partial charge on any atom is 0.276 e. The van der Waals surface area contributed by atoms with Gasteiger partial charge in [-0.2, -0.15) is 10.2 Å². The fraction of sp³-hybridized carbons (Fsp3) is 0.353. The van der Waals surface area contributed by atoms with E-state index >= 15 is 0 Å². The second kappa shape index (κ2) is 6.84. The molecule has 3 aromatic rings. The van der Waals surface area contributed by atoms with Crippen molar-refractivity contribution in [2.45, 2.75) is 33.2 Å². The molecular weight excluding hydrogens is 320 g/mol. The molecule has 3 rings (SSSR count). The van der Waals surface area contributed by atoms with Crippen molar-refractivity contribution in [1.82, 2.24) is 24.5 Å². The number of aryl methyl sites for hydroxylation is 3. The third-order valence-electron chi connectivity index (χ3n) is 3.94. The van der Waals surface area contributed by atoms with Crippen LogP contribution in [-0.4, -0.2) is 30.5 Å². The first-order valence-corrected chi connectivity index (χ1v) is 8.18. The van der Waals surface area contributed by atoms with E-state index in [1.807, 2.05) is 27.0 Å².